The molecule has 0 fully saturated rings. The third-order valence-corrected chi connectivity index (χ3v) is 3.79. The lowest BCUT2D eigenvalue weighted by Crippen LogP contribution is -2.08. The third kappa shape index (κ3) is 4.87. The van der Waals surface area contributed by atoms with Crippen LogP contribution in [0.1, 0.15) is 5.56 Å². The van der Waals surface area contributed by atoms with Crippen LogP contribution in [0.2, 0.25) is 0 Å². The van der Waals surface area contributed by atoms with Crippen LogP contribution in [-0.2, 0) is 6.18 Å². The lowest BCUT2D eigenvalue weighted by Gasteiger charge is -2.13. The van der Waals surface area contributed by atoms with Crippen molar-refractivity contribution in [2.75, 3.05) is 29.6 Å². The van der Waals surface area contributed by atoms with E-state index in [2.05, 4.69) is 20.6 Å². The molecule has 1 heterocycles. The maximum absolute atomic E-state index is 12.8. The zero-order chi connectivity index (χ0) is 19.4. The van der Waals surface area contributed by atoms with Crippen molar-refractivity contribution in [3.8, 4) is 0 Å². The fraction of sp³-hybridized carbons (Fsp3) is 0.158. The van der Waals surface area contributed by atoms with Crippen LogP contribution in [0.4, 0.5) is 41.9 Å². The second-order valence-corrected chi connectivity index (χ2v) is 6.06. The highest BCUT2D eigenvalue weighted by atomic mass is 19.4. The Morgan fingerprint density at radius 2 is 1.44 bits per heavy atom. The minimum atomic E-state index is -4.39. The van der Waals surface area contributed by atoms with E-state index in [1.165, 1.54) is 12.4 Å². The Hall–Kier alpha value is -3.29. The molecule has 0 aliphatic heterocycles. The molecule has 0 saturated carbocycles. The summed E-state index contributed by atoms with van der Waals surface area (Å²) in [5.74, 6) is 0.911. The summed E-state index contributed by atoms with van der Waals surface area (Å²) in [5, 5.41) is 6.01. The Balaban J connectivity index is 1.74. The van der Waals surface area contributed by atoms with Gasteiger partial charge in [-0.3, -0.25) is 0 Å². The van der Waals surface area contributed by atoms with E-state index in [0.29, 0.717) is 17.3 Å². The van der Waals surface area contributed by atoms with Crippen molar-refractivity contribution in [2.24, 2.45) is 0 Å². The van der Waals surface area contributed by atoms with Gasteiger partial charge in [0.1, 0.15) is 18.0 Å². The molecule has 0 saturated heterocycles. The van der Waals surface area contributed by atoms with Gasteiger partial charge in [-0.2, -0.15) is 13.2 Å². The molecule has 0 radical (unpaired) electrons. The van der Waals surface area contributed by atoms with E-state index < -0.39 is 11.7 Å². The van der Waals surface area contributed by atoms with Crippen molar-refractivity contribution in [1.29, 1.82) is 0 Å². The molecule has 140 valence electrons. The molecular formula is C19H18F3N5. The molecule has 0 aliphatic carbocycles. The molecule has 0 unspecified atom stereocenters. The Bertz CT molecular complexity index is 908. The number of nitrogens with zero attached hydrogens (tertiary/aromatic N) is 3. The van der Waals surface area contributed by atoms with E-state index in [-0.39, 0.29) is 0 Å². The standard InChI is InChI=1S/C19H18F3N5/c1-27(2)16-8-6-14(7-9-16)25-17-11-18(24-12-23-17)26-15-5-3-4-13(10-15)19(20,21)22/h3-12H,1-2H3,(H2,23,24,25,26). The Morgan fingerprint density at radius 1 is 0.815 bits per heavy atom. The minimum absolute atomic E-state index is 0.296. The van der Waals surface area contributed by atoms with E-state index in [0.717, 1.165) is 23.5 Å². The molecule has 0 amide bonds. The van der Waals surface area contributed by atoms with Crippen LogP contribution in [0.25, 0.3) is 0 Å². The molecule has 0 bridgehead atoms. The monoisotopic (exact) mass is 373 g/mol. The van der Waals surface area contributed by atoms with Crippen molar-refractivity contribution < 1.29 is 13.2 Å². The van der Waals surface area contributed by atoms with Crippen LogP contribution in [0.15, 0.2) is 60.9 Å². The van der Waals surface area contributed by atoms with E-state index >= 15 is 0 Å². The third-order valence-electron chi connectivity index (χ3n) is 3.79. The smallest absolute Gasteiger partial charge is 0.378 e. The number of nitrogens with one attached hydrogen (secondary N) is 2. The quantitative estimate of drug-likeness (QED) is 0.656. The number of alkyl halides is 3. The molecule has 0 spiro atoms. The summed E-state index contributed by atoms with van der Waals surface area (Å²) in [6.07, 6.45) is -3.05. The van der Waals surface area contributed by atoms with Crippen molar-refractivity contribution >= 4 is 28.7 Å². The normalized spacial score (nSPS) is 11.1. The number of hydrogen-bond donors (Lipinski definition) is 2. The number of halogens is 3. The maximum Gasteiger partial charge on any atom is 0.416 e. The van der Waals surface area contributed by atoms with Gasteiger partial charge >= 0.3 is 6.18 Å². The van der Waals surface area contributed by atoms with Gasteiger partial charge in [0, 0.05) is 37.2 Å². The summed E-state index contributed by atoms with van der Waals surface area (Å²) in [4.78, 5) is 10.2. The molecule has 8 heteroatoms. The molecule has 1 aromatic heterocycles. The zero-order valence-electron chi connectivity index (χ0n) is 14.7. The molecule has 2 N–H and O–H groups in total. The van der Waals surface area contributed by atoms with Crippen LogP contribution >= 0.6 is 0 Å². The van der Waals surface area contributed by atoms with Gasteiger partial charge in [0.15, 0.2) is 0 Å². The van der Waals surface area contributed by atoms with Crippen LogP contribution in [0.3, 0.4) is 0 Å². The SMILES string of the molecule is CN(C)c1ccc(Nc2cc(Nc3cccc(C(F)(F)F)c3)ncn2)cc1. The van der Waals surface area contributed by atoms with E-state index in [1.54, 1.807) is 12.1 Å². The van der Waals surface area contributed by atoms with Crippen LogP contribution in [-0.4, -0.2) is 24.1 Å². The Morgan fingerprint density at radius 3 is 2.04 bits per heavy atom. The minimum Gasteiger partial charge on any atom is -0.378 e. The van der Waals surface area contributed by atoms with Crippen molar-refractivity contribution in [2.45, 2.75) is 6.18 Å². The van der Waals surface area contributed by atoms with Gasteiger partial charge in [0.25, 0.3) is 0 Å². The highest BCUT2D eigenvalue weighted by Crippen LogP contribution is 2.31. The van der Waals surface area contributed by atoms with Gasteiger partial charge in [-0.05, 0) is 42.5 Å². The molecule has 27 heavy (non-hydrogen) atoms. The molecule has 5 nitrogen and oxygen atoms in total. The highest BCUT2D eigenvalue weighted by molar-refractivity contribution is 5.64. The fourth-order valence-electron chi connectivity index (χ4n) is 2.41. The molecule has 3 rings (SSSR count). The van der Waals surface area contributed by atoms with Gasteiger partial charge in [0.2, 0.25) is 0 Å². The molecule has 3 aromatic rings. The predicted molar refractivity (Wildman–Crippen MR) is 101 cm³/mol. The first kappa shape index (κ1) is 18.5. The van der Waals surface area contributed by atoms with Crippen LogP contribution in [0, 0.1) is 0 Å². The molecule has 2 aromatic carbocycles. The van der Waals surface area contributed by atoms with Gasteiger partial charge in [0.05, 0.1) is 5.56 Å². The van der Waals surface area contributed by atoms with Crippen molar-refractivity contribution in [1.82, 2.24) is 9.97 Å². The summed E-state index contributed by atoms with van der Waals surface area (Å²) < 4.78 is 38.5. The Kier molecular flexibility index (Phi) is 5.16. The summed E-state index contributed by atoms with van der Waals surface area (Å²) in [6, 6.07) is 14.3. The second-order valence-electron chi connectivity index (χ2n) is 6.06. The summed E-state index contributed by atoms with van der Waals surface area (Å²) in [6.45, 7) is 0. The van der Waals surface area contributed by atoms with Gasteiger partial charge in [-0.25, -0.2) is 9.97 Å². The lowest BCUT2D eigenvalue weighted by molar-refractivity contribution is -0.137. The first-order valence-corrected chi connectivity index (χ1v) is 8.12. The number of anilines is 5. The number of aromatic nitrogens is 2. The second kappa shape index (κ2) is 7.53. The van der Waals surface area contributed by atoms with Crippen LogP contribution < -0.4 is 15.5 Å². The average molecular weight is 373 g/mol. The Labute approximate surface area is 154 Å². The van der Waals surface area contributed by atoms with Crippen molar-refractivity contribution in [3.05, 3.63) is 66.5 Å². The summed E-state index contributed by atoms with van der Waals surface area (Å²) in [5.41, 5.74) is 1.48. The molecule has 0 aliphatic rings. The van der Waals surface area contributed by atoms with E-state index in [4.69, 9.17) is 0 Å². The van der Waals surface area contributed by atoms with Gasteiger partial charge < -0.3 is 15.5 Å². The van der Waals surface area contributed by atoms with E-state index in [9.17, 15) is 13.2 Å². The predicted octanol–water partition coefficient (Wildman–Crippen LogP) is 5.05. The van der Waals surface area contributed by atoms with Gasteiger partial charge in [-0.1, -0.05) is 6.07 Å². The number of hydrogen-bond acceptors (Lipinski definition) is 5. The summed E-state index contributed by atoms with van der Waals surface area (Å²) in [7, 11) is 3.91. The first-order chi connectivity index (χ1) is 12.8. The van der Waals surface area contributed by atoms with Crippen LogP contribution in [0.5, 0.6) is 0 Å². The molecule has 0 atom stereocenters. The lowest BCUT2D eigenvalue weighted by atomic mass is 10.2. The number of rotatable bonds is 5. The molecular weight excluding hydrogens is 355 g/mol. The number of benzene rings is 2. The maximum atomic E-state index is 12.8. The van der Waals surface area contributed by atoms with E-state index in [1.807, 2.05) is 43.3 Å². The highest BCUT2D eigenvalue weighted by Gasteiger charge is 2.30. The average Bonchev–Trinajstić information content (AvgIpc) is 2.62. The van der Waals surface area contributed by atoms with Gasteiger partial charge in [-0.15, -0.1) is 0 Å². The topological polar surface area (TPSA) is 53.1 Å². The fourth-order valence-corrected chi connectivity index (χ4v) is 2.41. The zero-order valence-corrected chi connectivity index (χ0v) is 14.7. The largest absolute Gasteiger partial charge is 0.416 e. The summed E-state index contributed by atoms with van der Waals surface area (Å²) >= 11 is 0. The first-order valence-electron chi connectivity index (χ1n) is 8.12. The van der Waals surface area contributed by atoms with Crippen molar-refractivity contribution in [3.63, 3.8) is 0 Å².